The zero-order valence-electron chi connectivity index (χ0n) is 9.70. The number of unbranched alkanes of at least 4 members (excludes halogenated alkanes) is 1. The summed E-state index contributed by atoms with van der Waals surface area (Å²) in [5.41, 5.74) is 0. The third kappa shape index (κ3) is 8.39. The van der Waals surface area contributed by atoms with Crippen molar-refractivity contribution in [1.82, 2.24) is 0 Å². The molecule has 0 aliphatic heterocycles. The molecule has 0 radical (unpaired) electrons. The Morgan fingerprint density at radius 3 is 2.53 bits per heavy atom. The average Bonchev–Trinajstić information content (AvgIpc) is 2.21. The van der Waals surface area contributed by atoms with Crippen LogP contribution in [0.15, 0.2) is 0 Å². The highest BCUT2D eigenvalue weighted by Gasteiger charge is 2.15. The normalized spacial score (nSPS) is 12.7. The Morgan fingerprint density at radius 1 is 1.27 bits per heavy atom. The Morgan fingerprint density at radius 2 is 2.00 bits per heavy atom. The summed E-state index contributed by atoms with van der Waals surface area (Å²) in [6, 6.07) is 0. The summed E-state index contributed by atoms with van der Waals surface area (Å²) in [5, 5.41) is 8.92. The molecule has 0 spiro atoms. The van der Waals surface area contributed by atoms with Crippen molar-refractivity contribution in [3.8, 4) is 0 Å². The summed E-state index contributed by atoms with van der Waals surface area (Å²) in [4.78, 5) is 10.8. The van der Waals surface area contributed by atoms with E-state index in [1.807, 2.05) is 0 Å². The molecule has 15 heavy (non-hydrogen) atoms. The van der Waals surface area contributed by atoms with Gasteiger partial charge in [-0.2, -0.15) is 0 Å². The monoisotopic (exact) mass is 218 g/mol. The first kappa shape index (κ1) is 14.4. The topological polar surface area (TPSA) is 55.8 Å². The lowest BCUT2D eigenvalue weighted by Gasteiger charge is -2.11. The Kier molecular flexibility index (Phi) is 9.52. The molecule has 0 aromatic carbocycles. The van der Waals surface area contributed by atoms with Gasteiger partial charge in [-0.3, -0.25) is 4.79 Å². The molecule has 1 N–H and O–H groups in total. The molecule has 0 saturated heterocycles. The number of hydrogen-bond donors (Lipinski definition) is 1. The van der Waals surface area contributed by atoms with Crippen molar-refractivity contribution in [2.45, 2.75) is 32.6 Å². The van der Waals surface area contributed by atoms with Gasteiger partial charge in [0.2, 0.25) is 0 Å². The van der Waals surface area contributed by atoms with E-state index in [9.17, 15) is 4.79 Å². The van der Waals surface area contributed by atoms with Crippen LogP contribution < -0.4 is 0 Å². The second-order valence-corrected chi connectivity index (χ2v) is 3.57. The number of carbonyl (C=O) groups is 1. The minimum Gasteiger partial charge on any atom is -0.481 e. The van der Waals surface area contributed by atoms with Gasteiger partial charge in [0, 0.05) is 13.7 Å². The van der Waals surface area contributed by atoms with Crippen molar-refractivity contribution in [3.05, 3.63) is 0 Å². The zero-order chi connectivity index (χ0) is 11.5. The maximum Gasteiger partial charge on any atom is 0.306 e. The minimum absolute atomic E-state index is 0.257. The second-order valence-electron chi connectivity index (χ2n) is 3.57. The molecule has 0 bridgehead atoms. The first-order valence-electron chi connectivity index (χ1n) is 5.51. The van der Waals surface area contributed by atoms with Crippen molar-refractivity contribution in [2.24, 2.45) is 5.92 Å². The Labute approximate surface area is 91.6 Å². The van der Waals surface area contributed by atoms with Gasteiger partial charge in [0.05, 0.1) is 19.1 Å². The maximum absolute atomic E-state index is 10.8. The number of methoxy groups -OCH3 is 1. The fourth-order valence-corrected chi connectivity index (χ4v) is 1.31. The van der Waals surface area contributed by atoms with Crippen LogP contribution in [0.3, 0.4) is 0 Å². The van der Waals surface area contributed by atoms with E-state index in [0.29, 0.717) is 26.2 Å². The molecule has 0 aliphatic rings. The smallest absolute Gasteiger partial charge is 0.306 e. The molecule has 0 fully saturated rings. The lowest BCUT2D eigenvalue weighted by atomic mass is 9.99. The molecule has 4 nitrogen and oxygen atoms in total. The van der Waals surface area contributed by atoms with Crippen LogP contribution in [0.5, 0.6) is 0 Å². The van der Waals surface area contributed by atoms with Crippen LogP contribution in [-0.2, 0) is 14.3 Å². The summed E-state index contributed by atoms with van der Waals surface area (Å²) < 4.78 is 10.1. The predicted molar refractivity (Wildman–Crippen MR) is 58.0 cm³/mol. The van der Waals surface area contributed by atoms with Crippen LogP contribution in [-0.4, -0.2) is 38.0 Å². The molecule has 0 aromatic rings. The number of carboxylic acids is 1. The van der Waals surface area contributed by atoms with E-state index in [0.717, 1.165) is 19.3 Å². The van der Waals surface area contributed by atoms with E-state index >= 15 is 0 Å². The summed E-state index contributed by atoms with van der Waals surface area (Å²) >= 11 is 0. The third-order valence-corrected chi connectivity index (χ3v) is 2.30. The summed E-state index contributed by atoms with van der Waals surface area (Å²) in [6.07, 6.45) is 3.35. The molecule has 0 heterocycles. The van der Waals surface area contributed by atoms with Crippen LogP contribution >= 0.6 is 0 Å². The molecule has 0 aliphatic carbocycles. The summed E-state index contributed by atoms with van der Waals surface area (Å²) in [6.45, 7) is 3.67. The van der Waals surface area contributed by atoms with Gasteiger partial charge in [-0.25, -0.2) is 0 Å². The highest BCUT2D eigenvalue weighted by molar-refractivity contribution is 5.69. The lowest BCUT2D eigenvalue weighted by molar-refractivity contribution is -0.142. The first-order valence-corrected chi connectivity index (χ1v) is 5.51. The summed E-state index contributed by atoms with van der Waals surface area (Å²) in [5.74, 6) is -0.966. The Hall–Kier alpha value is -0.610. The number of ether oxygens (including phenoxy) is 2. The van der Waals surface area contributed by atoms with Crippen molar-refractivity contribution in [2.75, 3.05) is 26.9 Å². The minimum atomic E-state index is -0.709. The molecule has 0 aromatic heterocycles. The van der Waals surface area contributed by atoms with E-state index < -0.39 is 5.97 Å². The van der Waals surface area contributed by atoms with Crippen LogP contribution in [0, 0.1) is 5.92 Å². The number of rotatable bonds is 10. The fraction of sp³-hybridized carbons (Fsp3) is 0.909. The molecule has 90 valence electrons. The summed E-state index contributed by atoms with van der Waals surface area (Å²) in [7, 11) is 1.62. The van der Waals surface area contributed by atoms with Gasteiger partial charge in [0.15, 0.2) is 0 Å². The largest absolute Gasteiger partial charge is 0.481 e. The molecule has 1 unspecified atom stereocenters. The van der Waals surface area contributed by atoms with Gasteiger partial charge in [0.1, 0.15) is 0 Å². The SMILES string of the molecule is CCCCC(CCOCCOC)C(=O)O. The van der Waals surface area contributed by atoms with Gasteiger partial charge >= 0.3 is 5.97 Å². The zero-order valence-corrected chi connectivity index (χ0v) is 9.70. The number of hydrogen-bond acceptors (Lipinski definition) is 3. The predicted octanol–water partition coefficient (Wildman–Crippen LogP) is 1.93. The van der Waals surface area contributed by atoms with Gasteiger partial charge < -0.3 is 14.6 Å². The fourth-order valence-electron chi connectivity index (χ4n) is 1.31. The van der Waals surface area contributed by atoms with Gasteiger partial charge in [0.25, 0.3) is 0 Å². The van der Waals surface area contributed by atoms with Crippen molar-refractivity contribution in [3.63, 3.8) is 0 Å². The number of carboxylic acid groups (broad SMARTS) is 1. The lowest BCUT2D eigenvalue weighted by Crippen LogP contribution is -2.16. The molecule has 0 saturated carbocycles. The van der Waals surface area contributed by atoms with Gasteiger partial charge in [-0.1, -0.05) is 19.8 Å². The van der Waals surface area contributed by atoms with E-state index in [4.69, 9.17) is 14.6 Å². The highest BCUT2D eigenvalue weighted by atomic mass is 16.5. The van der Waals surface area contributed by atoms with Crippen LogP contribution in [0.1, 0.15) is 32.6 Å². The molecular formula is C11H22O4. The molecular weight excluding hydrogens is 196 g/mol. The quantitative estimate of drug-likeness (QED) is 0.569. The van der Waals surface area contributed by atoms with Crippen molar-refractivity contribution < 1.29 is 19.4 Å². The third-order valence-electron chi connectivity index (χ3n) is 2.30. The van der Waals surface area contributed by atoms with Gasteiger partial charge in [-0.05, 0) is 12.8 Å². The van der Waals surface area contributed by atoms with Crippen LogP contribution in [0.25, 0.3) is 0 Å². The molecule has 1 atom stereocenters. The maximum atomic E-state index is 10.8. The highest BCUT2D eigenvalue weighted by Crippen LogP contribution is 2.13. The van der Waals surface area contributed by atoms with Crippen LogP contribution in [0.2, 0.25) is 0 Å². The van der Waals surface area contributed by atoms with E-state index in [1.165, 1.54) is 0 Å². The van der Waals surface area contributed by atoms with Gasteiger partial charge in [-0.15, -0.1) is 0 Å². The molecule has 4 heteroatoms. The molecule has 0 amide bonds. The van der Waals surface area contributed by atoms with Crippen molar-refractivity contribution >= 4 is 5.97 Å². The van der Waals surface area contributed by atoms with E-state index in [-0.39, 0.29) is 5.92 Å². The Bertz CT molecular complexity index is 159. The van der Waals surface area contributed by atoms with Crippen molar-refractivity contribution in [1.29, 1.82) is 0 Å². The van der Waals surface area contributed by atoms with E-state index in [1.54, 1.807) is 7.11 Å². The molecule has 0 rings (SSSR count). The standard InChI is InChI=1S/C11H22O4/c1-3-4-5-10(11(12)13)6-7-15-9-8-14-2/h10H,3-9H2,1-2H3,(H,12,13). The second kappa shape index (κ2) is 9.93. The average molecular weight is 218 g/mol. The number of aliphatic carboxylic acids is 1. The Balaban J connectivity index is 3.53. The first-order chi connectivity index (χ1) is 7.22. The van der Waals surface area contributed by atoms with E-state index in [2.05, 4.69) is 6.92 Å². The van der Waals surface area contributed by atoms with Crippen LogP contribution in [0.4, 0.5) is 0 Å².